The summed E-state index contributed by atoms with van der Waals surface area (Å²) in [7, 11) is 1.82. The number of aryl methyl sites for hydroxylation is 2. The first kappa shape index (κ1) is 19.7. The smallest absolute Gasteiger partial charge is 0.158 e. The van der Waals surface area contributed by atoms with Gasteiger partial charge < -0.3 is 5.32 Å². The van der Waals surface area contributed by atoms with Crippen LogP contribution in [0.5, 0.6) is 0 Å². The largest absolute Gasteiger partial charge is 0.371 e. The third-order valence-corrected chi connectivity index (χ3v) is 1.92. The average Bonchev–Trinajstić information content (AvgIpc) is 2.86. The zero-order valence-electron chi connectivity index (χ0n) is 13.8. The number of H-pyrrole nitrogens is 1. The Bertz CT molecular complexity index is 448. The lowest BCUT2D eigenvalue weighted by atomic mass is 10.3. The molecule has 0 aromatic carbocycles. The highest BCUT2D eigenvalue weighted by Gasteiger charge is 2.08. The Morgan fingerprint density at radius 2 is 1.37 bits per heavy atom. The highest BCUT2D eigenvalue weighted by atomic mass is 15.2. The van der Waals surface area contributed by atoms with Crippen LogP contribution in [0.25, 0.3) is 11.0 Å². The molecule has 2 aromatic rings. The van der Waals surface area contributed by atoms with Gasteiger partial charge in [0.15, 0.2) is 11.3 Å². The fraction of sp³-hybridized carbons (Fsp3) is 0.643. The van der Waals surface area contributed by atoms with Gasteiger partial charge >= 0.3 is 0 Å². The summed E-state index contributed by atoms with van der Waals surface area (Å²) >= 11 is 0. The van der Waals surface area contributed by atoms with Crippen LogP contribution in [0.15, 0.2) is 0 Å². The van der Waals surface area contributed by atoms with E-state index in [2.05, 4.69) is 25.5 Å². The minimum Gasteiger partial charge on any atom is -0.371 e. The number of anilines is 1. The van der Waals surface area contributed by atoms with E-state index in [4.69, 9.17) is 0 Å². The molecule has 2 aromatic heterocycles. The highest BCUT2D eigenvalue weighted by molar-refractivity contribution is 5.86. The van der Waals surface area contributed by atoms with Crippen molar-refractivity contribution in [1.82, 2.24) is 20.2 Å². The molecule has 19 heavy (non-hydrogen) atoms. The predicted molar refractivity (Wildman–Crippen MR) is 84.7 cm³/mol. The zero-order valence-corrected chi connectivity index (χ0v) is 13.8. The second-order valence-corrected chi connectivity index (χ2v) is 2.92. The van der Waals surface area contributed by atoms with Crippen LogP contribution in [0.4, 0.5) is 5.82 Å². The average molecular weight is 267 g/mol. The van der Waals surface area contributed by atoms with E-state index in [9.17, 15) is 0 Å². The van der Waals surface area contributed by atoms with Crippen molar-refractivity contribution in [1.29, 1.82) is 0 Å². The Labute approximate surface area is 117 Å². The normalized spacial score (nSPS) is 8.26. The molecule has 0 atom stereocenters. The summed E-state index contributed by atoms with van der Waals surface area (Å²) in [5.41, 5.74) is 2.65. The molecule has 0 saturated heterocycles. The molecule has 0 radical (unpaired) electrons. The number of nitrogens with zero attached hydrogens (tertiary/aromatic N) is 3. The van der Waals surface area contributed by atoms with E-state index in [1.807, 2.05) is 62.4 Å². The van der Waals surface area contributed by atoms with E-state index in [1.165, 1.54) is 0 Å². The fourth-order valence-electron chi connectivity index (χ4n) is 1.30. The van der Waals surface area contributed by atoms with Gasteiger partial charge in [0.2, 0.25) is 0 Å². The summed E-state index contributed by atoms with van der Waals surface area (Å²) in [6.07, 6.45) is 0. The van der Waals surface area contributed by atoms with Gasteiger partial charge in [-0.3, -0.25) is 5.10 Å². The van der Waals surface area contributed by atoms with E-state index in [0.717, 1.165) is 28.4 Å². The lowest BCUT2D eigenvalue weighted by molar-refractivity contribution is 1.06. The number of hydrogen-bond acceptors (Lipinski definition) is 4. The van der Waals surface area contributed by atoms with E-state index in [1.54, 1.807) is 0 Å². The van der Waals surface area contributed by atoms with Crippen molar-refractivity contribution < 1.29 is 0 Å². The second kappa shape index (κ2) is 11.4. The number of aromatic amines is 1. The van der Waals surface area contributed by atoms with Crippen LogP contribution >= 0.6 is 0 Å². The molecule has 0 bridgehead atoms. The van der Waals surface area contributed by atoms with Gasteiger partial charge in [-0.2, -0.15) is 5.10 Å². The van der Waals surface area contributed by atoms with Gasteiger partial charge in [-0.05, 0) is 13.8 Å². The van der Waals surface area contributed by atoms with Crippen molar-refractivity contribution in [2.45, 2.75) is 55.4 Å². The summed E-state index contributed by atoms with van der Waals surface area (Å²) in [5.74, 6) is 1.52. The molecule has 2 N–H and O–H groups in total. The van der Waals surface area contributed by atoms with Crippen LogP contribution in [-0.2, 0) is 0 Å². The SMILES string of the molecule is CC.CC.CC.CNc1nc(C)nc2c(C)[nH]nc12. The van der Waals surface area contributed by atoms with Gasteiger partial charge in [-0.15, -0.1) is 0 Å². The Morgan fingerprint density at radius 3 is 1.84 bits per heavy atom. The molecule has 0 amide bonds. The van der Waals surface area contributed by atoms with Crippen LogP contribution in [0, 0.1) is 13.8 Å². The van der Waals surface area contributed by atoms with Crippen LogP contribution in [0.3, 0.4) is 0 Å². The van der Waals surface area contributed by atoms with Gasteiger partial charge in [0.05, 0.1) is 5.69 Å². The second-order valence-electron chi connectivity index (χ2n) is 2.92. The molecule has 0 aliphatic carbocycles. The molecule has 5 nitrogen and oxygen atoms in total. The van der Waals surface area contributed by atoms with Gasteiger partial charge in [0.1, 0.15) is 11.3 Å². The minimum absolute atomic E-state index is 0.751. The number of fused-ring (bicyclic) bond motifs is 1. The molecular weight excluding hydrogens is 238 g/mol. The molecule has 0 aliphatic heterocycles. The van der Waals surface area contributed by atoms with Crippen molar-refractivity contribution in [3.63, 3.8) is 0 Å². The van der Waals surface area contributed by atoms with Crippen LogP contribution in [0.1, 0.15) is 53.1 Å². The lowest BCUT2D eigenvalue weighted by Gasteiger charge is -2.00. The third kappa shape index (κ3) is 5.24. The van der Waals surface area contributed by atoms with E-state index < -0.39 is 0 Å². The topological polar surface area (TPSA) is 66.5 Å². The van der Waals surface area contributed by atoms with Crippen LogP contribution in [-0.4, -0.2) is 27.2 Å². The summed E-state index contributed by atoms with van der Waals surface area (Å²) in [6.45, 7) is 15.8. The Morgan fingerprint density at radius 1 is 0.842 bits per heavy atom. The molecule has 0 fully saturated rings. The van der Waals surface area contributed by atoms with Crippen molar-refractivity contribution >= 4 is 16.9 Å². The maximum absolute atomic E-state index is 4.30. The van der Waals surface area contributed by atoms with E-state index in [0.29, 0.717) is 0 Å². The summed E-state index contributed by atoms with van der Waals surface area (Å²) in [5, 5.41) is 9.99. The van der Waals surface area contributed by atoms with Crippen molar-refractivity contribution in [3.05, 3.63) is 11.5 Å². The van der Waals surface area contributed by atoms with Gasteiger partial charge in [-0.1, -0.05) is 41.5 Å². The van der Waals surface area contributed by atoms with Crippen LogP contribution < -0.4 is 5.32 Å². The van der Waals surface area contributed by atoms with E-state index in [-0.39, 0.29) is 0 Å². The maximum atomic E-state index is 4.30. The van der Waals surface area contributed by atoms with Crippen LogP contribution in [0.2, 0.25) is 0 Å². The first-order chi connectivity index (χ1) is 9.22. The molecule has 0 unspecified atom stereocenters. The molecular formula is C14H29N5. The molecule has 0 saturated carbocycles. The Kier molecular flexibility index (Phi) is 11.9. The molecule has 110 valence electrons. The first-order valence-electron chi connectivity index (χ1n) is 7.09. The van der Waals surface area contributed by atoms with Crippen molar-refractivity contribution in [2.75, 3.05) is 12.4 Å². The fourth-order valence-corrected chi connectivity index (χ4v) is 1.30. The quantitative estimate of drug-likeness (QED) is 0.816. The minimum atomic E-state index is 0.751. The zero-order chi connectivity index (χ0) is 15.4. The number of aromatic nitrogens is 4. The molecule has 2 rings (SSSR count). The van der Waals surface area contributed by atoms with Crippen molar-refractivity contribution in [2.24, 2.45) is 0 Å². The lowest BCUT2D eigenvalue weighted by Crippen LogP contribution is -1.97. The van der Waals surface area contributed by atoms with Gasteiger partial charge in [-0.25, -0.2) is 9.97 Å². The Hall–Kier alpha value is -1.65. The summed E-state index contributed by atoms with van der Waals surface area (Å²) < 4.78 is 0. The predicted octanol–water partition coefficient (Wildman–Crippen LogP) is 4.09. The third-order valence-electron chi connectivity index (χ3n) is 1.92. The standard InChI is InChI=1S/C8H11N5.3C2H6/c1-4-6-7(13-12-4)8(9-3)11-5(2)10-6;3*1-2/h1-3H3,(H,12,13)(H,9,10,11);3*1-2H3. The van der Waals surface area contributed by atoms with E-state index >= 15 is 0 Å². The molecule has 2 heterocycles. The molecule has 0 aliphatic rings. The van der Waals surface area contributed by atoms with Crippen molar-refractivity contribution in [3.8, 4) is 0 Å². The first-order valence-corrected chi connectivity index (χ1v) is 7.09. The summed E-state index contributed by atoms with van der Waals surface area (Å²) in [6, 6.07) is 0. The maximum Gasteiger partial charge on any atom is 0.158 e. The molecule has 0 spiro atoms. The number of hydrogen-bond donors (Lipinski definition) is 2. The number of nitrogens with one attached hydrogen (secondary N) is 2. The number of rotatable bonds is 1. The van der Waals surface area contributed by atoms with Gasteiger partial charge in [0.25, 0.3) is 0 Å². The Balaban J connectivity index is 0. The van der Waals surface area contributed by atoms with Gasteiger partial charge in [0, 0.05) is 7.05 Å². The molecule has 5 heteroatoms. The summed E-state index contributed by atoms with van der Waals surface area (Å²) in [4.78, 5) is 8.53. The highest BCUT2D eigenvalue weighted by Crippen LogP contribution is 2.18. The monoisotopic (exact) mass is 267 g/mol.